The second-order valence-corrected chi connectivity index (χ2v) is 10.4. The van der Waals surface area contributed by atoms with Crippen molar-refractivity contribution in [3.05, 3.63) is 65.8 Å². The van der Waals surface area contributed by atoms with Gasteiger partial charge >= 0.3 is 0 Å². The van der Waals surface area contributed by atoms with Crippen molar-refractivity contribution >= 4 is 40.3 Å². The number of nitrogens with zero attached hydrogens (tertiary/aromatic N) is 3. The number of halogens is 1. The highest BCUT2D eigenvalue weighted by Gasteiger charge is 2.23. The van der Waals surface area contributed by atoms with E-state index in [4.69, 9.17) is 11.6 Å². The standard InChI is InChI=1S/C27H28ClN5S/c1-32-26(19-2-8-21(9-3-19)33-16-14-29-15-17-33)24(25-23(28)12-13-30-27(25)32)18-4-10-22(11-5-18)34-31-20-6-7-20/h2-5,8-13,20,29,31H,6-7,14-17H2,1H3. The molecule has 0 bridgehead atoms. The van der Waals surface area contributed by atoms with Gasteiger partial charge in [0, 0.05) is 67.0 Å². The number of hydrogen-bond donors (Lipinski definition) is 2. The molecule has 2 aliphatic rings. The summed E-state index contributed by atoms with van der Waals surface area (Å²) in [5.74, 6) is 0. The highest BCUT2D eigenvalue weighted by atomic mass is 35.5. The molecule has 174 valence electrons. The van der Waals surface area contributed by atoms with Crippen LogP contribution in [-0.2, 0) is 7.05 Å². The number of aromatic nitrogens is 2. The summed E-state index contributed by atoms with van der Waals surface area (Å²) in [5.41, 5.74) is 6.76. The second-order valence-electron chi connectivity index (χ2n) is 9.08. The lowest BCUT2D eigenvalue weighted by Crippen LogP contribution is -2.43. The van der Waals surface area contributed by atoms with Crippen LogP contribution < -0.4 is 14.9 Å². The molecule has 34 heavy (non-hydrogen) atoms. The molecule has 5 nitrogen and oxygen atoms in total. The molecular formula is C27H28ClN5S. The summed E-state index contributed by atoms with van der Waals surface area (Å²) >= 11 is 8.47. The van der Waals surface area contributed by atoms with Crippen LogP contribution in [0.2, 0.25) is 5.02 Å². The molecular weight excluding hydrogens is 462 g/mol. The number of piperazine rings is 1. The molecule has 7 heteroatoms. The maximum atomic E-state index is 6.75. The Balaban J connectivity index is 1.42. The lowest BCUT2D eigenvalue weighted by molar-refractivity contribution is 0.589. The molecule has 0 radical (unpaired) electrons. The van der Waals surface area contributed by atoms with E-state index in [0.29, 0.717) is 6.04 Å². The first-order valence-electron chi connectivity index (χ1n) is 11.9. The fraction of sp³-hybridized carbons (Fsp3) is 0.296. The average molecular weight is 490 g/mol. The van der Waals surface area contributed by atoms with Crippen LogP contribution in [0.5, 0.6) is 0 Å². The average Bonchev–Trinajstić information content (AvgIpc) is 3.67. The Morgan fingerprint density at radius 3 is 2.38 bits per heavy atom. The monoisotopic (exact) mass is 489 g/mol. The molecule has 1 aliphatic carbocycles. The molecule has 2 N–H and O–H groups in total. The lowest BCUT2D eigenvalue weighted by atomic mass is 9.98. The third-order valence-corrected chi connectivity index (χ3v) is 7.98. The van der Waals surface area contributed by atoms with Crippen LogP contribution in [0.4, 0.5) is 5.69 Å². The van der Waals surface area contributed by atoms with Crippen molar-refractivity contribution in [2.24, 2.45) is 7.05 Å². The molecule has 3 heterocycles. The maximum Gasteiger partial charge on any atom is 0.142 e. The van der Waals surface area contributed by atoms with Gasteiger partial charge in [-0.2, -0.15) is 0 Å². The molecule has 1 aliphatic heterocycles. The number of benzene rings is 2. The summed E-state index contributed by atoms with van der Waals surface area (Å²) in [6, 6.07) is 20.3. The number of anilines is 1. The summed E-state index contributed by atoms with van der Waals surface area (Å²) in [6.45, 7) is 4.14. The predicted octanol–water partition coefficient (Wildman–Crippen LogP) is 5.73. The van der Waals surface area contributed by atoms with E-state index in [0.717, 1.165) is 59.1 Å². The van der Waals surface area contributed by atoms with Crippen LogP contribution in [0, 0.1) is 0 Å². The molecule has 6 rings (SSSR count). The Labute approximate surface area is 209 Å². The highest BCUT2D eigenvalue weighted by Crippen LogP contribution is 2.43. The lowest BCUT2D eigenvalue weighted by Gasteiger charge is -2.29. The fourth-order valence-electron chi connectivity index (χ4n) is 4.72. The van der Waals surface area contributed by atoms with E-state index in [2.05, 4.69) is 80.1 Å². The largest absolute Gasteiger partial charge is 0.369 e. The molecule has 2 fully saturated rings. The summed E-state index contributed by atoms with van der Waals surface area (Å²) in [4.78, 5) is 8.35. The van der Waals surface area contributed by atoms with Gasteiger partial charge in [0.1, 0.15) is 5.65 Å². The maximum absolute atomic E-state index is 6.75. The Bertz CT molecular complexity index is 1310. The Morgan fingerprint density at radius 2 is 1.68 bits per heavy atom. The topological polar surface area (TPSA) is 45.1 Å². The molecule has 0 atom stereocenters. The number of pyridine rings is 1. The molecule has 2 aromatic heterocycles. The van der Waals surface area contributed by atoms with Gasteiger partial charge in [0.15, 0.2) is 0 Å². The van der Waals surface area contributed by atoms with Gasteiger partial charge in [-0.25, -0.2) is 4.98 Å². The van der Waals surface area contributed by atoms with Gasteiger partial charge in [0.25, 0.3) is 0 Å². The van der Waals surface area contributed by atoms with E-state index >= 15 is 0 Å². The summed E-state index contributed by atoms with van der Waals surface area (Å²) in [5, 5.41) is 5.16. The highest BCUT2D eigenvalue weighted by molar-refractivity contribution is 7.97. The van der Waals surface area contributed by atoms with E-state index < -0.39 is 0 Å². The van der Waals surface area contributed by atoms with Crippen molar-refractivity contribution in [3.63, 3.8) is 0 Å². The van der Waals surface area contributed by atoms with Gasteiger partial charge < -0.3 is 14.8 Å². The zero-order valence-electron chi connectivity index (χ0n) is 19.2. The third kappa shape index (κ3) is 4.20. The van der Waals surface area contributed by atoms with E-state index in [1.807, 2.05) is 6.07 Å². The molecule has 0 spiro atoms. The fourth-order valence-corrected chi connectivity index (χ4v) is 5.77. The van der Waals surface area contributed by atoms with Gasteiger partial charge in [-0.15, -0.1) is 0 Å². The van der Waals surface area contributed by atoms with E-state index in [-0.39, 0.29) is 0 Å². The first kappa shape index (κ1) is 22.0. The zero-order valence-corrected chi connectivity index (χ0v) is 20.8. The van der Waals surface area contributed by atoms with Crippen molar-refractivity contribution in [1.29, 1.82) is 0 Å². The zero-order chi connectivity index (χ0) is 23.1. The van der Waals surface area contributed by atoms with Crippen LogP contribution in [-0.4, -0.2) is 41.8 Å². The van der Waals surface area contributed by atoms with Crippen molar-refractivity contribution in [2.75, 3.05) is 31.1 Å². The van der Waals surface area contributed by atoms with Crippen LogP contribution >= 0.6 is 23.5 Å². The molecule has 4 aromatic rings. The van der Waals surface area contributed by atoms with Crippen molar-refractivity contribution in [2.45, 2.75) is 23.8 Å². The van der Waals surface area contributed by atoms with Crippen LogP contribution in [0.1, 0.15) is 12.8 Å². The molecule has 1 saturated heterocycles. The van der Waals surface area contributed by atoms with Crippen molar-refractivity contribution in [1.82, 2.24) is 19.6 Å². The minimum atomic E-state index is 0.670. The van der Waals surface area contributed by atoms with E-state index in [1.54, 1.807) is 18.1 Å². The number of fused-ring (bicyclic) bond motifs is 1. The molecule has 0 amide bonds. The molecule has 0 unspecified atom stereocenters. The summed E-state index contributed by atoms with van der Waals surface area (Å²) in [7, 11) is 2.08. The quantitative estimate of drug-likeness (QED) is 0.339. The number of nitrogens with one attached hydrogen (secondary N) is 2. The number of hydrogen-bond acceptors (Lipinski definition) is 5. The minimum Gasteiger partial charge on any atom is -0.369 e. The molecule has 2 aromatic carbocycles. The van der Waals surface area contributed by atoms with Gasteiger partial charge in [-0.1, -0.05) is 35.9 Å². The first-order chi connectivity index (χ1) is 16.7. The SMILES string of the molecule is Cn1c(-c2ccc(N3CCNCC3)cc2)c(-c2ccc(SNC3CC3)cc2)c2c(Cl)ccnc21. The Morgan fingerprint density at radius 1 is 0.971 bits per heavy atom. The van der Waals surface area contributed by atoms with Gasteiger partial charge in [0.2, 0.25) is 0 Å². The number of aryl methyl sites for hydroxylation is 1. The summed E-state index contributed by atoms with van der Waals surface area (Å²) < 4.78 is 5.69. The van der Waals surface area contributed by atoms with Crippen molar-refractivity contribution < 1.29 is 0 Å². The van der Waals surface area contributed by atoms with E-state index in [1.165, 1.54) is 29.0 Å². The molecule has 1 saturated carbocycles. The summed E-state index contributed by atoms with van der Waals surface area (Å²) in [6.07, 6.45) is 4.35. The third-order valence-electron chi connectivity index (χ3n) is 6.71. The van der Waals surface area contributed by atoms with Crippen LogP contribution in [0.3, 0.4) is 0 Å². The number of rotatable bonds is 6. The smallest absolute Gasteiger partial charge is 0.142 e. The Hall–Kier alpha value is -2.51. The predicted molar refractivity (Wildman–Crippen MR) is 144 cm³/mol. The minimum absolute atomic E-state index is 0.670. The Kier molecular flexibility index (Phi) is 5.99. The second kappa shape index (κ2) is 9.27. The van der Waals surface area contributed by atoms with Gasteiger partial charge in [0.05, 0.1) is 10.7 Å². The normalized spacial score (nSPS) is 16.4. The van der Waals surface area contributed by atoms with Crippen LogP contribution in [0.15, 0.2) is 65.7 Å². The van der Waals surface area contributed by atoms with Gasteiger partial charge in [-0.05, 0) is 66.2 Å². The van der Waals surface area contributed by atoms with Gasteiger partial charge in [-0.3, -0.25) is 4.72 Å². The van der Waals surface area contributed by atoms with Crippen molar-refractivity contribution in [3.8, 4) is 22.4 Å². The van der Waals surface area contributed by atoms with Crippen LogP contribution in [0.25, 0.3) is 33.4 Å². The first-order valence-corrected chi connectivity index (χ1v) is 13.1. The van der Waals surface area contributed by atoms with E-state index in [9.17, 15) is 0 Å².